The first kappa shape index (κ1) is 16.9. The second-order valence-corrected chi connectivity index (χ2v) is 7.46. The van der Waals surface area contributed by atoms with Crippen molar-refractivity contribution in [2.75, 3.05) is 12.3 Å². The van der Waals surface area contributed by atoms with Crippen LogP contribution in [-0.4, -0.2) is 31.2 Å². The fourth-order valence-corrected chi connectivity index (χ4v) is 4.08. The largest absolute Gasteiger partial charge is 0.398 e. The summed E-state index contributed by atoms with van der Waals surface area (Å²) in [4.78, 5) is 11.2. The summed E-state index contributed by atoms with van der Waals surface area (Å²) in [6, 6.07) is 2.62. The van der Waals surface area contributed by atoms with Gasteiger partial charge in [-0.1, -0.05) is 0 Å². The number of rotatable bonds is 5. The van der Waals surface area contributed by atoms with Gasteiger partial charge in [-0.3, -0.25) is 4.79 Å². The molecule has 0 unspecified atom stereocenters. The number of amides is 1. The van der Waals surface area contributed by atoms with Gasteiger partial charge in [0, 0.05) is 16.2 Å². The minimum absolute atomic E-state index is 0.0770. The zero-order valence-electron chi connectivity index (χ0n) is 11.6. The molecular formula is C12H18BrN3O3S. The van der Waals surface area contributed by atoms with Crippen molar-refractivity contribution < 1.29 is 13.2 Å². The van der Waals surface area contributed by atoms with Gasteiger partial charge in [0.25, 0.3) is 0 Å². The maximum absolute atomic E-state index is 12.6. The molecule has 1 aromatic carbocycles. The van der Waals surface area contributed by atoms with Gasteiger partial charge in [0.1, 0.15) is 0 Å². The third-order valence-corrected chi connectivity index (χ3v) is 5.62. The SMILES string of the molecule is Cc1cc(Br)c(N)cc1S(=O)(=O)N(CC(N)=O)C(C)C. The van der Waals surface area contributed by atoms with Gasteiger partial charge in [0.05, 0.1) is 11.4 Å². The van der Waals surface area contributed by atoms with E-state index >= 15 is 0 Å². The summed E-state index contributed by atoms with van der Waals surface area (Å²) in [6.45, 7) is 4.66. The van der Waals surface area contributed by atoms with Crippen LogP contribution in [0.25, 0.3) is 0 Å². The zero-order valence-corrected chi connectivity index (χ0v) is 14.0. The number of nitrogens with two attached hydrogens (primary N) is 2. The number of hydrogen-bond donors (Lipinski definition) is 2. The van der Waals surface area contributed by atoms with Crippen molar-refractivity contribution in [2.45, 2.75) is 31.7 Å². The minimum Gasteiger partial charge on any atom is -0.398 e. The van der Waals surface area contributed by atoms with Crippen LogP contribution in [-0.2, 0) is 14.8 Å². The average molecular weight is 364 g/mol. The molecule has 0 spiro atoms. The van der Waals surface area contributed by atoms with Gasteiger partial charge in [-0.15, -0.1) is 0 Å². The molecule has 4 N–H and O–H groups in total. The lowest BCUT2D eigenvalue weighted by Crippen LogP contribution is -2.42. The highest BCUT2D eigenvalue weighted by molar-refractivity contribution is 9.10. The highest BCUT2D eigenvalue weighted by Crippen LogP contribution is 2.29. The molecule has 112 valence electrons. The monoisotopic (exact) mass is 363 g/mol. The van der Waals surface area contributed by atoms with Crippen molar-refractivity contribution in [3.63, 3.8) is 0 Å². The lowest BCUT2D eigenvalue weighted by atomic mass is 10.2. The molecule has 0 fully saturated rings. The summed E-state index contributed by atoms with van der Waals surface area (Å²) in [7, 11) is -3.83. The van der Waals surface area contributed by atoms with Crippen LogP contribution >= 0.6 is 15.9 Å². The Balaban J connectivity index is 3.41. The lowest BCUT2D eigenvalue weighted by Gasteiger charge is -2.25. The number of nitrogens with zero attached hydrogens (tertiary/aromatic N) is 1. The van der Waals surface area contributed by atoms with Crippen LogP contribution in [0.5, 0.6) is 0 Å². The molecule has 1 aromatic rings. The van der Waals surface area contributed by atoms with Gasteiger partial charge in [-0.05, 0) is 54.4 Å². The molecule has 0 aliphatic heterocycles. The highest BCUT2D eigenvalue weighted by atomic mass is 79.9. The number of carbonyl (C=O) groups excluding carboxylic acids is 1. The van der Waals surface area contributed by atoms with Gasteiger partial charge in [0.15, 0.2) is 0 Å². The molecule has 0 heterocycles. The van der Waals surface area contributed by atoms with E-state index in [1.807, 2.05) is 0 Å². The molecule has 0 aliphatic rings. The molecule has 20 heavy (non-hydrogen) atoms. The zero-order chi connectivity index (χ0) is 15.7. The number of halogens is 1. The van der Waals surface area contributed by atoms with Crippen LogP contribution in [0.4, 0.5) is 5.69 Å². The van der Waals surface area contributed by atoms with Crippen molar-refractivity contribution in [3.8, 4) is 0 Å². The van der Waals surface area contributed by atoms with Crippen LogP contribution in [0.1, 0.15) is 19.4 Å². The van der Waals surface area contributed by atoms with Crippen molar-refractivity contribution in [3.05, 3.63) is 22.2 Å². The quantitative estimate of drug-likeness (QED) is 0.766. The smallest absolute Gasteiger partial charge is 0.244 e. The number of nitrogen functional groups attached to an aromatic ring is 1. The standard InChI is InChI=1S/C12H18BrN3O3S/c1-7(2)16(6-12(15)17)20(18,19)11-5-10(14)9(13)4-8(11)3/h4-5,7H,6,14H2,1-3H3,(H2,15,17). The fourth-order valence-electron chi connectivity index (χ4n) is 1.77. The number of primary amides is 1. The Labute approximate surface area is 127 Å². The van der Waals surface area contributed by atoms with E-state index in [-0.39, 0.29) is 11.4 Å². The van der Waals surface area contributed by atoms with E-state index in [2.05, 4.69) is 15.9 Å². The first-order valence-corrected chi connectivity index (χ1v) is 8.16. The normalized spacial score (nSPS) is 12.1. The van der Waals surface area contributed by atoms with Crippen LogP contribution in [0.15, 0.2) is 21.5 Å². The summed E-state index contributed by atoms with van der Waals surface area (Å²) in [5, 5.41) is 0. The average Bonchev–Trinajstić information content (AvgIpc) is 2.29. The lowest BCUT2D eigenvalue weighted by molar-refractivity contribution is -0.118. The number of benzene rings is 1. The molecule has 8 heteroatoms. The predicted octanol–water partition coefficient (Wildman–Crippen LogP) is 1.22. The molecule has 0 saturated heterocycles. The molecule has 6 nitrogen and oxygen atoms in total. The number of hydrogen-bond acceptors (Lipinski definition) is 4. The van der Waals surface area contributed by atoms with Crippen LogP contribution in [0.3, 0.4) is 0 Å². The number of aryl methyl sites for hydroxylation is 1. The Bertz CT molecular complexity index is 629. The number of sulfonamides is 1. The van der Waals surface area contributed by atoms with Crippen molar-refractivity contribution in [2.24, 2.45) is 5.73 Å². The summed E-state index contributed by atoms with van der Waals surface area (Å²) >= 11 is 3.25. The Hall–Kier alpha value is -1.12. The first-order chi connectivity index (χ1) is 9.07. The fraction of sp³-hybridized carbons (Fsp3) is 0.417. The maximum Gasteiger partial charge on any atom is 0.244 e. The third-order valence-electron chi connectivity index (χ3n) is 2.77. The van der Waals surface area contributed by atoms with E-state index in [0.29, 0.717) is 15.7 Å². The molecule has 0 bridgehead atoms. The van der Waals surface area contributed by atoms with Crippen molar-refractivity contribution >= 4 is 37.5 Å². The van der Waals surface area contributed by atoms with E-state index in [4.69, 9.17) is 11.5 Å². The molecular weight excluding hydrogens is 346 g/mol. The van der Waals surface area contributed by atoms with E-state index in [1.165, 1.54) is 6.07 Å². The molecule has 0 atom stereocenters. The summed E-state index contributed by atoms with van der Waals surface area (Å²) < 4.78 is 27.0. The molecule has 1 rings (SSSR count). The molecule has 0 radical (unpaired) electrons. The second kappa shape index (κ2) is 6.11. The molecule has 0 aromatic heterocycles. The van der Waals surface area contributed by atoms with Crippen LogP contribution in [0, 0.1) is 6.92 Å². The van der Waals surface area contributed by atoms with E-state index < -0.39 is 22.0 Å². The Morgan fingerprint density at radius 1 is 1.40 bits per heavy atom. The predicted molar refractivity (Wildman–Crippen MR) is 81.5 cm³/mol. The topological polar surface area (TPSA) is 106 Å². The molecule has 0 aliphatic carbocycles. The number of carbonyl (C=O) groups is 1. The van der Waals surface area contributed by atoms with Crippen molar-refractivity contribution in [1.29, 1.82) is 0 Å². The summed E-state index contributed by atoms with van der Waals surface area (Å²) in [6.07, 6.45) is 0. The van der Waals surface area contributed by atoms with Gasteiger partial charge >= 0.3 is 0 Å². The van der Waals surface area contributed by atoms with Gasteiger partial charge < -0.3 is 11.5 Å². The maximum atomic E-state index is 12.6. The Morgan fingerprint density at radius 2 is 1.95 bits per heavy atom. The minimum atomic E-state index is -3.83. The van der Waals surface area contributed by atoms with Gasteiger partial charge in [0.2, 0.25) is 15.9 Å². The molecule has 1 amide bonds. The Kier molecular flexibility index (Phi) is 5.17. The van der Waals surface area contributed by atoms with E-state index in [1.54, 1.807) is 26.8 Å². The van der Waals surface area contributed by atoms with Gasteiger partial charge in [-0.25, -0.2) is 8.42 Å². The van der Waals surface area contributed by atoms with E-state index in [0.717, 1.165) is 4.31 Å². The van der Waals surface area contributed by atoms with Crippen LogP contribution in [0.2, 0.25) is 0 Å². The number of anilines is 1. The molecule has 0 saturated carbocycles. The summed E-state index contributed by atoms with van der Waals surface area (Å²) in [5.74, 6) is -0.704. The van der Waals surface area contributed by atoms with Gasteiger partial charge in [-0.2, -0.15) is 4.31 Å². The van der Waals surface area contributed by atoms with Crippen molar-refractivity contribution in [1.82, 2.24) is 4.31 Å². The first-order valence-electron chi connectivity index (χ1n) is 5.93. The van der Waals surface area contributed by atoms with E-state index in [9.17, 15) is 13.2 Å². The Morgan fingerprint density at radius 3 is 2.40 bits per heavy atom. The highest BCUT2D eigenvalue weighted by Gasteiger charge is 2.30. The van der Waals surface area contributed by atoms with Crippen LogP contribution < -0.4 is 11.5 Å². The summed E-state index contributed by atoms with van der Waals surface area (Å²) in [5.41, 5.74) is 11.7. The third kappa shape index (κ3) is 3.50. The second-order valence-electron chi connectivity index (χ2n) is 4.75.